The number of nitrogens with one attached hydrogen (secondary N) is 1. The first-order valence-electron chi connectivity index (χ1n) is 5.39. The minimum atomic E-state index is -0.168. The molecular weight excluding hydrogens is 226 g/mol. The van der Waals surface area contributed by atoms with Crippen molar-refractivity contribution >= 4 is 17.4 Å². The summed E-state index contributed by atoms with van der Waals surface area (Å²) in [4.78, 5) is 8.26. The van der Waals surface area contributed by atoms with Gasteiger partial charge in [-0.05, 0) is 26.7 Å². The molecule has 1 aromatic rings. The Hall–Kier alpha value is -0.870. The molecule has 1 heterocycles. The third-order valence-electron chi connectivity index (χ3n) is 2.68. The van der Waals surface area contributed by atoms with Crippen LogP contribution in [0.25, 0.3) is 0 Å². The molecule has 1 aromatic heterocycles. The molecule has 90 valence electrons. The Morgan fingerprint density at radius 3 is 2.69 bits per heavy atom. The zero-order chi connectivity index (χ0) is 12.2. The summed E-state index contributed by atoms with van der Waals surface area (Å²) < 4.78 is 0. The molecule has 0 aliphatic carbocycles. The Kier molecular flexibility index (Phi) is 4.50. The van der Waals surface area contributed by atoms with E-state index in [1.165, 1.54) is 0 Å². The van der Waals surface area contributed by atoms with E-state index in [1.54, 1.807) is 13.0 Å². The summed E-state index contributed by atoms with van der Waals surface area (Å²) in [6, 6.07) is 1.69. The van der Waals surface area contributed by atoms with Gasteiger partial charge in [0, 0.05) is 18.2 Å². The van der Waals surface area contributed by atoms with Gasteiger partial charge in [0.15, 0.2) is 0 Å². The number of hydrogen-bond donors (Lipinski definition) is 2. The third-order valence-corrected chi connectivity index (χ3v) is 2.87. The maximum absolute atomic E-state index is 9.02. The van der Waals surface area contributed by atoms with Crippen LogP contribution in [0.15, 0.2) is 6.07 Å². The molecule has 0 saturated heterocycles. The van der Waals surface area contributed by atoms with Gasteiger partial charge in [-0.15, -0.1) is 0 Å². The van der Waals surface area contributed by atoms with Gasteiger partial charge >= 0.3 is 0 Å². The lowest BCUT2D eigenvalue weighted by Crippen LogP contribution is -2.35. The van der Waals surface area contributed by atoms with Crippen LogP contribution in [0.1, 0.15) is 32.5 Å². The van der Waals surface area contributed by atoms with Crippen molar-refractivity contribution in [1.29, 1.82) is 0 Å². The average molecular weight is 244 g/mol. The highest BCUT2D eigenvalue weighted by Gasteiger charge is 2.21. The van der Waals surface area contributed by atoms with Crippen molar-refractivity contribution in [2.45, 2.75) is 39.2 Å². The second kappa shape index (κ2) is 5.46. The summed E-state index contributed by atoms with van der Waals surface area (Å²) in [5, 5.41) is 12.7. The zero-order valence-electron chi connectivity index (χ0n) is 9.92. The molecule has 5 heteroatoms. The normalized spacial score (nSPS) is 14.6. The molecule has 0 spiro atoms. The standard InChI is InChI=1S/C11H18ClN3O/c1-4-11(3,5-6-16)15-10-7-9(12)13-8(2)14-10/h7,16H,4-6H2,1-3H3,(H,13,14,15). The van der Waals surface area contributed by atoms with Crippen LogP contribution in [0.3, 0.4) is 0 Å². The van der Waals surface area contributed by atoms with E-state index in [9.17, 15) is 0 Å². The van der Waals surface area contributed by atoms with E-state index in [0.29, 0.717) is 23.2 Å². The Morgan fingerprint density at radius 1 is 1.50 bits per heavy atom. The van der Waals surface area contributed by atoms with E-state index in [4.69, 9.17) is 16.7 Å². The van der Waals surface area contributed by atoms with E-state index >= 15 is 0 Å². The first-order valence-corrected chi connectivity index (χ1v) is 5.77. The van der Waals surface area contributed by atoms with Crippen molar-refractivity contribution in [2.24, 2.45) is 0 Å². The van der Waals surface area contributed by atoms with Gasteiger partial charge < -0.3 is 10.4 Å². The van der Waals surface area contributed by atoms with Gasteiger partial charge in [0.1, 0.15) is 16.8 Å². The summed E-state index contributed by atoms with van der Waals surface area (Å²) in [6.45, 7) is 6.06. The molecule has 0 radical (unpaired) electrons. The Morgan fingerprint density at radius 2 is 2.19 bits per heavy atom. The predicted molar refractivity (Wildman–Crippen MR) is 65.8 cm³/mol. The molecular formula is C11H18ClN3O. The Bertz CT molecular complexity index is 339. The minimum Gasteiger partial charge on any atom is -0.396 e. The van der Waals surface area contributed by atoms with E-state index in [1.807, 2.05) is 0 Å². The van der Waals surface area contributed by atoms with Crippen molar-refractivity contribution in [2.75, 3.05) is 11.9 Å². The van der Waals surface area contributed by atoms with E-state index < -0.39 is 0 Å². The lowest BCUT2D eigenvalue weighted by atomic mass is 9.95. The van der Waals surface area contributed by atoms with Crippen LogP contribution < -0.4 is 5.32 Å². The lowest BCUT2D eigenvalue weighted by molar-refractivity contribution is 0.252. The van der Waals surface area contributed by atoms with Gasteiger partial charge in [-0.1, -0.05) is 18.5 Å². The second-order valence-corrected chi connectivity index (χ2v) is 4.52. The molecule has 0 fully saturated rings. The predicted octanol–water partition coefficient (Wildman–Crippen LogP) is 2.40. The van der Waals surface area contributed by atoms with Gasteiger partial charge in [-0.3, -0.25) is 0 Å². The van der Waals surface area contributed by atoms with Crippen molar-refractivity contribution in [3.05, 3.63) is 17.0 Å². The summed E-state index contributed by atoms with van der Waals surface area (Å²) in [5.41, 5.74) is -0.168. The van der Waals surface area contributed by atoms with Crippen molar-refractivity contribution < 1.29 is 5.11 Å². The molecule has 1 atom stereocenters. The fraction of sp³-hybridized carbons (Fsp3) is 0.636. The van der Waals surface area contributed by atoms with E-state index in [0.717, 1.165) is 6.42 Å². The molecule has 0 aromatic carbocycles. The molecule has 0 amide bonds. The van der Waals surface area contributed by atoms with Crippen LogP contribution in [0.2, 0.25) is 5.15 Å². The van der Waals surface area contributed by atoms with E-state index in [-0.39, 0.29) is 12.1 Å². The molecule has 16 heavy (non-hydrogen) atoms. The molecule has 2 N–H and O–H groups in total. The highest BCUT2D eigenvalue weighted by Crippen LogP contribution is 2.21. The third kappa shape index (κ3) is 3.61. The molecule has 4 nitrogen and oxygen atoms in total. The van der Waals surface area contributed by atoms with E-state index in [2.05, 4.69) is 29.1 Å². The number of hydrogen-bond acceptors (Lipinski definition) is 4. The molecule has 1 rings (SSSR count). The van der Waals surface area contributed by atoms with Gasteiger partial charge in [-0.25, -0.2) is 9.97 Å². The molecule has 0 bridgehead atoms. The molecule has 0 saturated carbocycles. The fourth-order valence-corrected chi connectivity index (χ4v) is 1.70. The number of aliphatic hydroxyl groups is 1. The first-order chi connectivity index (χ1) is 7.49. The molecule has 0 aliphatic rings. The highest BCUT2D eigenvalue weighted by molar-refractivity contribution is 6.29. The van der Waals surface area contributed by atoms with Crippen LogP contribution in [-0.4, -0.2) is 27.2 Å². The Labute approximate surface area is 101 Å². The summed E-state index contributed by atoms with van der Waals surface area (Å²) in [6.07, 6.45) is 1.57. The maximum atomic E-state index is 9.02. The molecule has 1 unspecified atom stereocenters. The van der Waals surface area contributed by atoms with Crippen molar-refractivity contribution in [1.82, 2.24) is 9.97 Å². The maximum Gasteiger partial charge on any atom is 0.134 e. The first kappa shape index (κ1) is 13.2. The van der Waals surface area contributed by atoms with Crippen molar-refractivity contribution in [3.63, 3.8) is 0 Å². The van der Waals surface area contributed by atoms with Gasteiger partial charge in [0.05, 0.1) is 0 Å². The number of aryl methyl sites for hydroxylation is 1. The van der Waals surface area contributed by atoms with Crippen LogP contribution in [0, 0.1) is 6.92 Å². The van der Waals surface area contributed by atoms with Crippen LogP contribution in [0.5, 0.6) is 0 Å². The number of rotatable bonds is 5. The monoisotopic (exact) mass is 243 g/mol. The number of halogens is 1. The lowest BCUT2D eigenvalue weighted by Gasteiger charge is -2.29. The number of nitrogens with zero attached hydrogens (tertiary/aromatic N) is 2. The average Bonchev–Trinajstić information content (AvgIpc) is 2.16. The highest BCUT2D eigenvalue weighted by atomic mass is 35.5. The number of anilines is 1. The van der Waals surface area contributed by atoms with Crippen molar-refractivity contribution in [3.8, 4) is 0 Å². The minimum absolute atomic E-state index is 0.148. The fourth-order valence-electron chi connectivity index (χ4n) is 1.48. The van der Waals surface area contributed by atoms with Crippen LogP contribution >= 0.6 is 11.6 Å². The van der Waals surface area contributed by atoms with Crippen LogP contribution in [0.4, 0.5) is 5.82 Å². The summed E-state index contributed by atoms with van der Waals surface area (Å²) >= 11 is 5.86. The number of aliphatic hydroxyl groups excluding tert-OH is 1. The summed E-state index contributed by atoms with van der Waals surface area (Å²) in [5.74, 6) is 1.34. The smallest absolute Gasteiger partial charge is 0.134 e. The SMILES string of the molecule is CCC(C)(CCO)Nc1cc(Cl)nc(C)n1. The largest absolute Gasteiger partial charge is 0.396 e. The Balaban J connectivity index is 2.85. The number of aromatic nitrogens is 2. The van der Waals surface area contributed by atoms with Crippen LogP contribution in [-0.2, 0) is 0 Å². The zero-order valence-corrected chi connectivity index (χ0v) is 10.7. The second-order valence-electron chi connectivity index (χ2n) is 4.14. The van der Waals surface area contributed by atoms with Gasteiger partial charge in [0.2, 0.25) is 0 Å². The summed E-state index contributed by atoms with van der Waals surface area (Å²) in [7, 11) is 0. The van der Waals surface area contributed by atoms with Gasteiger partial charge in [0.25, 0.3) is 0 Å². The molecule has 0 aliphatic heterocycles. The topological polar surface area (TPSA) is 58.0 Å². The van der Waals surface area contributed by atoms with Gasteiger partial charge in [-0.2, -0.15) is 0 Å². The quantitative estimate of drug-likeness (QED) is 0.780.